The van der Waals surface area contributed by atoms with Crippen LogP contribution in [0.4, 0.5) is 18.9 Å². The van der Waals surface area contributed by atoms with Crippen LogP contribution in [-0.2, 0) is 16.0 Å². The van der Waals surface area contributed by atoms with Gasteiger partial charge in [0.15, 0.2) is 0 Å². The molecule has 1 heterocycles. The van der Waals surface area contributed by atoms with Crippen LogP contribution in [0.1, 0.15) is 49.7 Å². The predicted molar refractivity (Wildman–Crippen MR) is 112 cm³/mol. The zero-order chi connectivity index (χ0) is 22.6. The molecule has 4 nitrogen and oxygen atoms in total. The van der Waals surface area contributed by atoms with Crippen LogP contribution in [0.5, 0.6) is 0 Å². The molecule has 2 atom stereocenters. The molecule has 31 heavy (non-hydrogen) atoms. The minimum Gasteiger partial charge on any atom is -0.512 e. The maximum atomic E-state index is 13.0. The number of hydrogen-bond donors (Lipinski definition) is 2. The number of carbonyl (C=O) groups excluding carboxylic acids is 1. The largest absolute Gasteiger partial charge is 0.512 e. The van der Waals surface area contributed by atoms with E-state index >= 15 is 0 Å². The topological polar surface area (TPSA) is 72.5 Å². The molecule has 1 aliphatic rings. The maximum Gasteiger partial charge on any atom is 0.389 e. The van der Waals surface area contributed by atoms with Crippen molar-refractivity contribution in [1.82, 2.24) is 0 Å². The number of aryl methyl sites for hydroxylation is 1. The molecule has 0 aliphatic carbocycles. The molecule has 0 fully saturated rings. The van der Waals surface area contributed by atoms with E-state index in [0.29, 0.717) is 17.7 Å². The second-order valence-electron chi connectivity index (χ2n) is 8.10. The summed E-state index contributed by atoms with van der Waals surface area (Å²) >= 11 is 0. The second-order valence-corrected chi connectivity index (χ2v) is 8.10. The van der Waals surface area contributed by atoms with Crippen molar-refractivity contribution >= 4 is 11.7 Å². The summed E-state index contributed by atoms with van der Waals surface area (Å²) in [6, 6.07) is 16.2. The standard InChI is InChI=1S/C24H26F3NO3/c1-16(18-8-5-9-19(28)14-18)21-20(29)15-23(31-22(21)30,12-13-24(25,26)27)11-10-17-6-3-2-4-7-17/h2-9,14,16,29H,10-13,15,28H2,1H3. The van der Waals surface area contributed by atoms with Gasteiger partial charge in [-0.25, -0.2) is 4.79 Å². The molecule has 0 aromatic heterocycles. The van der Waals surface area contributed by atoms with E-state index in [0.717, 1.165) is 5.56 Å². The van der Waals surface area contributed by atoms with Crippen LogP contribution >= 0.6 is 0 Å². The fraction of sp³-hybridized carbons (Fsp3) is 0.375. The van der Waals surface area contributed by atoms with Crippen molar-refractivity contribution in [2.24, 2.45) is 0 Å². The van der Waals surface area contributed by atoms with E-state index in [1.807, 2.05) is 30.3 Å². The molecule has 7 heteroatoms. The highest BCUT2D eigenvalue weighted by Gasteiger charge is 2.45. The summed E-state index contributed by atoms with van der Waals surface area (Å²) in [5.41, 5.74) is 6.61. The number of esters is 1. The van der Waals surface area contributed by atoms with Gasteiger partial charge in [0.05, 0.1) is 5.57 Å². The number of alkyl halides is 3. The van der Waals surface area contributed by atoms with E-state index in [2.05, 4.69) is 0 Å². The van der Waals surface area contributed by atoms with Gasteiger partial charge in [-0.15, -0.1) is 0 Å². The Hall–Kier alpha value is -2.96. The van der Waals surface area contributed by atoms with Gasteiger partial charge in [-0.2, -0.15) is 13.2 Å². The van der Waals surface area contributed by atoms with Crippen LogP contribution < -0.4 is 5.73 Å². The minimum absolute atomic E-state index is 0.0629. The summed E-state index contributed by atoms with van der Waals surface area (Å²) < 4.78 is 44.6. The number of nitrogens with two attached hydrogens (primary N) is 1. The van der Waals surface area contributed by atoms with E-state index in [-0.39, 0.29) is 24.2 Å². The molecular formula is C24H26F3NO3. The molecule has 0 radical (unpaired) electrons. The SMILES string of the molecule is CC(C1=C(O)CC(CCc2ccccc2)(CCC(F)(F)F)OC1=O)c1cccc(N)c1. The second kappa shape index (κ2) is 9.04. The van der Waals surface area contributed by atoms with Crippen LogP contribution in [0.3, 0.4) is 0 Å². The van der Waals surface area contributed by atoms with Gasteiger partial charge in [-0.1, -0.05) is 49.4 Å². The van der Waals surface area contributed by atoms with Gasteiger partial charge < -0.3 is 15.6 Å². The molecule has 0 bridgehead atoms. The third-order valence-electron chi connectivity index (χ3n) is 5.75. The first kappa shape index (κ1) is 22.7. The molecule has 3 rings (SSSR count). The lowest BCUT2D eigenvalue weighted by atomic mass is 9.81. The molecule has 0 amide bonds. The third-order valence-corrected chi connectivity index (χ3v) is 5.75. The summed E-state index contributed by atoms with van der Waals surface area (Å²) in [7, 11) is 0. The first-order valence-corrected chi connectivity index (χ1v) is 10.2. The van der Waals surface area contributed by atoms with E-state index in [1.54, 1.807) is 31.2 Å². The number of ether oxygens (including phenoxy) is 1. The van der Waals surface area contributed by atoms with Gasteiger partial charge in [-0.05, 0) is 42.5 Å². The summed E-state index contributed by atoms with van der Waals surface area (Å²) in [6.45, 7) is 1.73. The molecule has 3 N–H and O–H groups in total. The van der Waals surface area contributed by atoms with Gasteiger partial charge in [-0.3, -0.25) is 0 Å². The lowest BCUT2D eigenvalue weighted by molar-refractivity contribution is -0.173. The van der Waals surface area contributed by atoms with Crippen molar-refractivity contribution in [3.05, 3.63) is 77.1 Å². The van der Waals surface area contributed by atoms with Crippen LogP contribution in [-0.4, -0.2) is 22.9 Å². The number of nitrogen functional groups attached to an aromatic ring is 1. The summed E-state index contributed by atoms with van der Waals surface area (Å²) in [6.07, 6.45) is -5.42. The lowest BCUT2D eigenvalue weighted by Gasteiger charge is -2.38. The maximum absolute atomic E-state index is 13.0. The number of anilines is 1. The smallest absolute Gasteiger partial charge is 0.389 e. The Morgan fingerprint density at radius 1 is 1.13 bits per heavy atom. The number of rotatable bonds is 7. The van der Waals surface area contributed by atoms with Crippen LogP contribution in [0, 0.1) is 0 Å². The number of hydrogen-bond acceptors (Lipinski definition) is 4. The Labute approximate surface area is 179 Å². The molecule has 2 unspecified atom stereocenters. The summed E-state index contributed by atoms with van der Waals surface area (Å²) in [5.74, 6) is -1.51. The van der Waals surface area contributed by atoms with Gasteiger partial charge >= 0.3 is 12.1 Å². The number of aliphatic hydroxyl groups excluding tert-OH is 1. The van der Waals surface area contributed by atoms with Gasteiger partial charge in [0.1, 0.15) is 11.4 Å². The van der Waals surface area contributed by atoms with Gasteiger partial charge in [0.25, 0.3) is 0 Å². The van der Waals surface area contributed by atoms with Crippen LogP contribution in [0.2, 0.25) is 0 Å². The highest BCUT2D eigenvalue weighted by molar-refractivity contribution is 5.92. The highest BCUT2D eigenvalue weighted by Crippen LogP contribution is 2.42. The molecule has 166 valence electrons. The molecule has 1 aliphatic heterocycles. The van der Waals surface area contributed by atoms with Crippen LogP contribution in [0.15, 0.2) is 65.9 Å². The molecule has 0 spiro atoms. The van der Waals surface area contributed by atoms with Gasteiger partial charge in [0, 0.05) is 24.4 Å². The lowest BCUT2D eigenvalue weighted by Crippen LogP contribution is -2.42. The first-order chi connectivity index (χ1) is 14.6. The first-order valence-electron chi connectivity index (χ1n) is 10.2. The third kappa shape index (κ3) is 5.81. The highest BCUT2D eigenvalue weighted by atomic mass is 19.4. The monoisotopic (exact) mass is 433 g/mol. The average Bonchev–Trinajstić information content (AvgIpc) is 2.71. The quantitative estimate of drug-likeness (QED) is 0.425. The Morgan fingerprint density at radius 2 is 1.84 bits per heavy atom. The zero-order valence-electron chi connectivity index (χ0n) is 17.3. The normalized spacial score (nSPS) is 20.5. The Bertz CT molecular complexity index is 956. The van der Waals surface area contributed by atoms with E-state index in [9.17, 15) is 23.1 Å². The zero-order valence-corrected chi connectivity index (χ0v) is 17.3. The van der Waals surface area contributed by atoms with Crippen molar-refractivity contribution in [2.75, 3.05) is 5.73 Å². The fourth-order valence-electron chi connectivity index (χ4n) is 4.02. The molecule has 2 aromatic rings. The molecule has 0 saturated carbocycles. The van der Waals surface area contributed by atoms with Crippen LogP contribution in [0.25, 0.3) is 0 Å². The Morgan fingerprint density at radius 3 is 2.45 bits per heavy atom. The van der Waals surface area contributed by atoms with Crippen molar-refractivity contribution in [3.63, 3.8) is 0 Å². The Balaban J connectivity index is 1.87. The number of cyclic esters (lactones) is 1. The van der Waals surface area contributed by atoms with Crippen molar-refractivity contribution in [3.8, 4) is 0 Å². The van der Waals surface area contributed by atoms with Crippen molar-refractivity contribution in [2.45, 2.75) is 56.7 Å². The summed E-state index contributed by atoms with van der Waals surface area (Å²) in [4.78, 5) is 12.9. The number of benzene rings is 2. The molecular weight excluding hydrogens is 407 g/mol. The van der Waals surface area contributed by atoms with Gasteiger partial charge in [0.2, 0.25) is 0 Å². The van der Waals surface area contributed by atoms with E-state index in [4.69, 9.17) is 10.5 Å². The minimum atomic E-state index is -4.39. The Kier molecular flexibility index (Phi) is 6.62. The fourth-order valence-corrected chi connectivity index (χ4v) is 4.02. The van der Waals surface area contributed by atoms with E-state index < -0.39 is 36.5 Å². The number of carbonyl (C=O) groups is 1. The molecule has 0 saturated heterocycles. The van der Waals surface area contributed by atoms with Crippen molar-refractivity contribution < 1.29 is 27.8 Å². The average molecular weight is 433 g/mol. The van der Waals surface area contributed by atoms with E-state index in [1.165, 1.54) is 0 Å². The number of halogens is 3. The number of aliphatic hydroxyl groups is 1. The van der Waals surface area contributed by atoms with Crippen molar-refractivity contribution in [1.29, 1.82) is 0 Å². The predicted octanol–water partition coefficient (Wildman–Crippen LogP) is 5.85. The molecule has 2 aromatic carbocycles. The summed E-state index contributed by atoms with van der Waals surface area (Å²) in [5, 5.41) is 10.8.